The van der Waals surface area contributed by atoms with Crippen LogP contribution in [0.15, 0.2) is 36.5 Å². The first-order chi connectivity index (χ1) is 13.3. The van der Waals surface area contributed by atoms with Gasteiger partial charge in [0.2, 0.25) is 5.78 Å². The summed E-state index contributed by atoms with van der Waals surface area (Å²) in [6.07, 6.45) is 1.55. The van der Waals surface area contributed by atoms with Crippen LogP contribution < -0.4 is 9.47 Å². The number of rotatable bonds is 5. The lowest BCUT2D eigenvalue weighted by atomic mass is 10.0. The van der Waals surface area contributed by atoms with Gasteiger partial charge in [0.25, 0.3) is 0 Å². The lowest BCUT2D eigenvalue weighted by Gasteiger charge is -2.07. The minimum Gasteiger partial charge on any atom is -0.506 e. The molecule has 2 aromatic heterocycles. The molecule has 0 radical (unpaired) electrons. The molecule has 0 atom stereocenters. The highest BCUT2D eigenvalue weighted by Gasteiger charge is 2.27. The molecule has 3 aromatic rings. The van der Waals surface area contributed by atoms with Crippen molar-refractivity contribution >= 4 is 23.0 Å². The summed E-state index contributed by atoms with van der Waals surface area (Å²) in [5.74, 6) is -1.23. The monoisotopic (exact) mass is 384 g/mol. The molecule has 0 saturated carbocycles. The number of nitro groups is 1. The smallest absolute Gasteiger partial charge is 0.310 e. The van der Waals surface area contributed by atoms with Gasteiger partial charge in [-0.25, -0.2) is 0 Å². The molecule has 2 heterocycles. The highest BCUT2D eigenvalue weighted by atomic mass is 16.6. The number of fused-ring (bicyclic) bond motifs is 1. The van der Waals surface area contributed by atoms with Crippen molar-refractivity contribution in [1.29, 1.82) is 0 Å². The maximum Gasteiger partial charge on any atom is 0.310 e. The second-order valence-corrected chi connectivity index (χ2v) is 5.98. The van der Waals surface area contributed by atoms with E-state index >= 15 is 0 Å². The molecule has 0 amide bonds. The number of benzene rings is 1. The summed E-state index contributed by atoms with van der Waals surface area (Å²) in [5, 5.41) is 21.3. The van der Waals surface area contributed by atoms with Crippen LogP contribution in [-0.2, 0) is 4.79 Å². The van der Waals surface area contributed by atoms with Gasteiger partial charge in [0, 0.05) is 30.3 Å². The molecule has 28 heavy (non-hydrogen) atoms. The highest BCUT2D eigenvalue weighted by molar-refractivity contribution is 6.11. The van der Waals surface area contributed by atoms with E-state index in [9.17, 15) is 24.8 Å². The molecule has 0 aliphatic heterocycles. The van der Waals surface area contributed by atoms with Crippen LogP contribution in [0.4, 0.5) is 5.69 Å². The van der Waals surface area contributed by atoms with E-state index in [0.29, 0.717) is 5.56 Å². The predicted molar refractivity (Wildman–Crippen MR) is 98.2 cm³/mol. The standard InChI is InChI=1S/C19H16N2O7/c1-10-16(18(24)12-6-7-13(21(25)26)15(9-12)27-3)20-8-4-5-14(23)17(20)19(10)28-11(2)22/h4-9,23H,1-3H3. The molecule has 0 saturated heterocycles. The molecule has 0 aliphatic rings. The van der Waals surface area contributed by atoms with Crippen molar-refractivity contribution in [2.45, 2.75) is 13.8 Å². The Labute approximate surface area is 158 Å². The van der Waals surface area contributed by atoms with Gasteiger partial charge in [-0.05, 0) is 31.2 Å². The van der Waals surface area contributed by atoms with Crippen LogP contribution in [0, 0.1) is 17.0 Å². The minimum atomic E-state index is -0.609. The number of aromatic nitrogens is 1. The van der Waals surface area contributed by atoms with Gasteiger partial charge >= 0.3 is 11.7 Å². The Hall–Kier alpha value is -3.88. The Morgan fingerprint density at radius 1 is 1.25 bits per heavy atom. The molecule has 3 rings (SSSR count). The molecule has 9 nitrogen and oxygen atoms in total. The molecule has 0 unspecified atom stereocenters. The number of ketones is 1. The van der Waals surface area contributed by atoms with Crippen molar-refractivity contribution in [3.05, 3.63) is 63.5 Å². The van der Waals surface area contributed by atoms with E-state index in [-0.39, 0.29) is 39.7 Å². The van der Waals surface area contributed by atoms with Gasteiger partial charge in [0.15, 0.2) is 11.5 Å². The predicted octanol–water partition coefficient (Wildman–Crippen LogP) is 3.03. The zero-order valence-corrected chi connectivity index (χ0v) is 15.3. The fourth-order valence-electron chi connectivity index (χ4n) is 3.03. The summed E-state index contributed by atoms with van der Waals surface area (Å²) in [5.41, 5.74) is 0.543. The topological polar surface area (TPSA) is 120 Å². The Balaban J connectivity index is 2.23. The van der Waals surface area contributed by atoms with Gasteiger partial charge in [-0.15, -0.1) is 0 Å². The SMILES string of the molecule is COc1cc(C(=O)c2c(C)c(OC(C)=O)c3c(O)cccn23)ccc1[N+](=O)[O-]. The Morgan fingerprint density at radius 3 is 2.57 bits per heavy atom. The van der Waals surface area contributed by atoms with Crippen LogP contribution in [0.25, 0.3) is 5.52 Å². The number of carbonyl (C=O) groups excluding carboxylic acids is 2. The van der Waals surface area contributed by atoms with E-state index in [0.717, 1.165) is 0 Å². The van der Waals surface area contributed by atoms with Gasteiger partial charge in [0.1, 0.15) is 17.0 Å². The quantitative estimate of drug-likeness (QED) is 0.311. The Bertz CT molecular complexity index is 1130. The maximum absolute atomic E-state index is 13.2. The summed E-state index contributed by atoms with van der Waals surface area (Å²) in [6.45, 7) is 2.80. The van der Waals surface area contributed by atoms with E-state index in [1.165, 1.54) is 48.8 Å². The molecular formula is C19H16N2O7. The van der Waals surface area contributed by atoms with Gasteiger partial charge < -0.3 is 19.0 Å². The van der Waals surface area contributed by atoms with Crippen LogP contribution in [-0.4, -0.2) is 33.3 Å². The van der Waals surface area contributed by atoms with Gasteiger partial charge in [-0.2, -0.15) is 0 Å². The third kappa shape index (κ3) is 3.02. The molecule has 0 fully saturated rings. The zero-order chi connectivity index (χ0) is 20.6. The van der Waals surface area contributed by atoms with E-state index in [1.807, 2.05) is 0 Å². The molecule has 1 aromatic carbocycles. The van der Waals surface area contributed by atoms with Crippen LogP contribution in [0.1, 0.15) is 28.5 Å². The lowest BCUT2D eigenvalue weighted by molar-refractivity contribution is -0.385. The summed E-state index contributed by atoms with van der Waals surface area (Å²) in [4.78, 5) is 35.1. The van der Waals surface area contributed by atoms with Crippen molar-refractivity contribution in [2.75, 3.05) is 7.11 Å². The van der Waals surface area contributed by atoms with Crippen molar-refractivity contribution in [3.63, 3.8) is 0 Å². The van der Waals surface area contributed by atoms with E-state index in [4.69, 9.17) is 9.47 Å². The molecule has 1 N–H and O–H groups in total. The number of nitrogens with zero attached hydrogens (tertiary/aromatic N) is 2. The average Bonchev–Trinajstić information content (AvgIpc) is 2.92. The first kappa shape index (κ1) is 18.9. The molecule has 0 bridgehead atoms. The number of esters is 1. The third-order valence-electron chi connectivity index (χ3n) is 4.22. The third-order valence-corrected chi connectivity index (χ3v) is 4.22. The number of methoxy groups -OCH3 is 1. The molecule has 0 aliphatic carbocycles. The van der Waals surface area contributed by atoms with Crippen molar-refractivity contribution in [3.8, 4) is 17.2 Å². The molecule has 0 spiro atoms. The van der Waals surface area contributed by atoms with Gasteiger partial charge in [-0.3, -0.25) is 19.7 Å². The summed E-state index contributed by atoms with van der Waals surface area (Å²) in [7, 11) is 1.27. The van der Waals surface area contributed by atoms with E-state index in [1.54, 1.807) is 13.1 Å². The number of nitro benzene ring substituents is 1. The van der Waals surface area contributed by atoms with E-state index in [2.05, 4.69) is 0 Å². The van der Waals surface area contributed by atoms with Crippen molar-refractivity contribution in [1.82, 2.24) is 4.40 Å². The summed E-state index contributed by atoms with van der Waals surface area (Å²) in [6, 6.07) is 6.71. The molecule has 9 heteroatoms. The summed E-state index contributed by atoms with van der Waals surface area (Å²) >= 11 is 0. The number of hydrogen-bond donors (Lipinski definition) is 1. The van der Waals surface area contributed by atoms with Crippen LogP contribution in [0.2, 0.25) is 0 Å². The number of carbonyl (C=O) groups is 2. The second kappa shape index (κ2) is 7.03. The molecule has 144 valence electrons. The fraction of sp³-hybridized carbons (Fsp3) is 0.158. The lowest BCUT2D eigenvalue weighted by Crippen LogP contribution is -2.08. The highest BCUT2D eigenvalue weighted by Crippen LogP contribution is 2.37. The first-order valence-electron chi connectivity index (χ1n) is 8.14. The maximum atomic E-state index is 13.2. The number of aromatic hydroxyl groups is 1. The van der Waals surface area contributed by atoms with Crippen molar-refractivity contribution in [2.24, 2.45) is 0 Å². The minimum absolute atomic E-state index is 0.0579. The average molecular weight is 384 g/mol. The summed E-state index contributed by atoms with van der Waals surface area (Å²) < 4.78 is 11.6. The molecular weight excluding hydrogens is 368 g/mol. The normalized spacial score (nSPS) is 10.7. The second-order valence-electron chi connectivity index (χ2n) is 5.98. The van der Waals surface area contributed by atoms with E-state index < -0.39 is 16.7 Å². The number of hydrogen-bond acceptors (Lipinski definition) is 7. The Kier molecular flexibility index (Phi) is 4.74. The fourth-order valence-corrected chi connectivity index (χ4v) is 3.03. The number of ether oxygens (including phenoxy) is 2. The van der Waals surface area contributed by atoms with Crippen LogP contribution in [0.5, 0.6) is 17.2 Å². The van der Waals surface area contributed by atoms with Crippen molar-refractivity contribution < 1.29 is 29.1 Å². The Morgan fingerprint density at radius 2 is 1.96 bits per heavy atom. The number of pyridine rings is 1. The van der Waals surface area contributed by atoms with Gasteiger partial charge in [-0.1, -0.05) is 0 Å². The van der Waals surface area contributed by atoms with Crippen LogP contribution >= 0.6 is 0 Å². The largest absolute Gasteiger partial charge is 0.506 e. The zero-order valence-electron chi connectivity index (χ0n) is 15.3. The van der Waals surface area contributed by atoms with Gasteiger partial charge in [0.05, 0.1) is 12.0 Å². The van der Waals surface area contributed by atoms with Crippen LogP contribution in [0.3, 0.4) is 0 Å². The first-order valence-corrected chi connectivity index (χ1v) is 8.14.